The predicted molar refractivity (Wildman–Crippen MR) is 193 cm³/mol. The highest BCUT2D eigenvalue weighted by atomic mass is 16.7. The number of aliphatic hydroxyl groups excluding tert-OH is 9. The minimum atomic E-state index is -1.75. The van der Waals surface area contributed by atoms with Crippen molar-refractivity contribution in [3.8, 4) is 0 Å². The van der Waals surface area contributed by atoms with E-state index in [1.165, 1.54) is 0 Å². The summed E-state index contributed by atoms with van der Waals surface area (Å²) in [5.74, 6) is -0.660. The number of esters is 1. The molecule has 25 atom stereocenters. The maximum Gasteiger partial charge on any atom is 0.315 e. The second kappa shape index (κ2) is 13.3. The maximum atomic E-state index is 14.9. The van der Waals surface area contributed by atoms with E-state index in [1.54, 1.807) is 0 Å². The highest BCUT2D eigenvalue weighted by Crippen LogP contribution is 2.83. The average molecular weight is 811 g/mol. The summed E-state index contributed by atoms with van der Waals surface area (Å²) < 4.78 is 37.6. The van der Waals surface area contributed by atoms with Crippen molar-refractivity contribution in [3.05, 3.63) is 12.2 Å². The molecule has 0 unspecified atom stereocenters. The Morgan fingerprint density at radius 2 is 1.46 bits per heavy atom. The molecule has 16 nitrogen and oxygen atoms in total. The van der Waals surface area contributed by atoms with Crippen LogP contribution < -0.4 is 0 Å². The van der Waals surface area contributed by atoms with Gasteiger partial charge in [0.1, 0.15) is 66.5 Å². The molecular weight excluding hydrogens is 748 g/mol. The first kappa shape index (κ1) is 41.0. The quantitative estimate of drug-likeness (QED) is 0.0874. The van der Waals surface area contributed by atoms with Crippen molar-refractivity contribution in [2.24, 2.45) is 51.2 Å². The van der Waals surface area contributed by atoms with Crippen molar-refractivity contribution < 1.29 is 79.2 Å². The summed E-state index contributed by atoms with van der Waals surface area (Å²) >= 11 is 0. The fraction of sp³-hybridized carbons (Fsp3) is 0.927. The second-order valence-electron chi connectivity index (χ2n) is 20.1. The van der Waals surface area contributed by atoms with E-state index in [9.17, 15) is 50.8 Å². The van der Waals surface area contributed by atoms with Gasteiger partial charge in [0, 0.05) is 11.3 Å². The Kier molecular flexibility index (Phi) is 9.59. The van der Waals surface area contributed by atoms with Crippen LogP contribution in [0.25, 0.3) is 0 Å². The number of hydrogen-bond acceptors (Lipinski definition) is 16. The number of fused-ring (bicyclic) bond motifs is 6. The summed E-state index contributed by atoms with van der Waals surface area (Å²) in [7, 11) is 0. The molecule has 322 valence electrons. The van der Waals surface area contributed by atoms with Crippen LogP contribution in [0.3, 0.4) is 0 Å². The van der Waals surface area contributed by atoms with Crippen LogP contribution in [-0.4, -0.2) is 163 Å². The summed E-state index contributed by atoms with van der Waals surface area (Å²) in [6.07, 6.45) is -15.6. The van der Waals surface area contributed by atoms with Gasteiger partial charge in [-0.05, 0) is 78.6 Å². The molecule has 4 saturated heterocycles. The summed E-state index contributed by atoms with van der Waals surface area (Å²) in [6, 6.07) is 0. The van der Waals surface area contributed by atoms with Crippen LogP contribution in [0.1, 0.15) is 73.1 Å². The number of epoxide rings is 1. The highest BCUT2D eigenvalue weighted by Gasteiger charge is 2.90. The van der Waals surface area contributed by atoms with Crippen LogP contribution in [0.15, 0.2) is 12.2 Å². The zero-order valence-corrected chi connectivity index (χ0v) is 33.3. The summed E-state index contributed by atoms with van der Waals surface area (Å²) in [5.41, 5.74) is -2.77. The van der Waals surface area contributed by atoms with Gasteiger partial charge in [0.05, 0.1) is 31.5 Å². The van der Waals surface area contributed by atoms with Gasteiger partial charge in [-0.1, -0.05) is 41.2 Å². The minimum absolute atomic E-state index is 0.00331. The van der Waals surface area contributed by atoms with E-state index in [1.807, 2.05) is 0 Å². The van der Waals surface area contributed by atoms with Crippen molar-refractivity contribution in [2.75, 3.05) is 13.2 Å². The van der Waals surface area contributed by atoms with Crippen LogP contribution in [0.5, 0.6) is 0 Å². The molecule has 0 radical (unpaired) electrons. The molecule has 4 heterocycles. The third-order valence-electron chi connectivity index (χ3n) is 17.9. The lowest BCUT2D eigenvalue weighted by Gasteiger charge is -2.72. The van der Waals surface area contributed by atoms with Crippen LogP contribution in [0, 0.1) is 51.2 Å². The summed E-state index contributed by atoms with van der Waals surface area (Å²) in [4.78, 5) is 14.9. The van der Waals surface area contributed by atoms with E-state index in [4.69, 9.17) is 28.4 Å². The van der Waals surface area contributed by atoms with E-state index in [2.05, 4.69) is 41.2 Å². The first-order chi connectivity index (χ1) is 26.7. The van der Waals surface area contributed by atoms with Gasteiger partial charge in [0.15, 0.2) is 18.2 Å². The largest absolute Gasteiger partial charge is 0.455 e. The topological polar surface area (TPSA) is 258 Å². The molecular formula is C41H62O16. The molecule has 16 heteroatoms. The molecule has 2 bridgehead atoms. The number of hydrogen-bond donors (Lipinski definition) is 9. The van der Waals surface area contributed by atoms with Gasteiger partial charge in [-0.15, -0.1) is 0 Å². The molecule has 5 aliphatic carbocycles. The first-order valence-electron chi connectivity index (χ1n) is 21.0. The zero-order valence-electron chi connectivity index (χ0n) is 33.3. The van der Waals surface area contributed by atoms with E-state index < -0.39 is 121 Å². The molecule has 9 aliphatic rings. The molecule has 9 N–H and O–H groups in total. The Labute approximate surface area is 332 Å². The number of carbonyl (C=O) groups excluding carboxylic acids is 1. The number of ether oxygens (including phenoxy) is 6. The Hall–Kier alpha value is -1.35. The average Bonchev–Trinajstić information content (AvgIpc) is 3.92. The molecule has 1 spiro atoms. The van der Waals surface area contributed by atoms with Crippen LogP contribution in [0.4, 0.5) is 0 Å². The number of carbonyl (C=O) groups is 1. The van der Waals surface area contributed by atoms with Crippen molar-refractivity contribution in [1.82, 2.24) is 0 Å². The third kappa shape index (κ3) is 5.08. The van der Waals surface area contributed by atoms with Gasteiger partial charge >= 0.3 is 5.97 Å². The second-order valence-corrected chi connectivity index (χ2v) is 20.1. The van der Waals surface area contributed by atoms with Crippen LogP contribution >= 0.6 is 0 Å². The van der Waals surface area contributed by atoms with Gasteiger partial charge in [0.2, 0.25) is 0 Å². The smallest absolute Gasteiger partial charge is 0.315 e. The lowest BCUT2D eigenvalue weighted by Crippen LogP contribution is -2.76. The summed E-state index contributed by atoms with van der Waals surface area (Å²) in [6.45, 7) is 14.2. The normalized spacial score (nSPS) is 61.7. The Morgan fingerprint density at radius 3 is 2.14 bits per heavy atom. The van der Waals surface area contributed by atoms with E-state index in [-0.39, 0.29) is 47.1 Å². The Bertz CT molecular complexity index is 1630. The molecule has 0 aromatic rings. The SMILES string of the molecule is C=C1[C@@H](O)[C@H](O)C[C@]2(C)[C@H]3[C@@H]4O[C@@H]4[C@@]45OC(=O)[C@]6(CC[C@@]4(C)[C@]3(C)CC[C@@H]12)[C@@H](O[C@H]1O[C@@H](CO[C@@H]2O[C@H](CO)[C@@H](O)[C@H](O)[C@H]2O)[C@H](O)[C@@H](O)[C@@H]1O)C[C@@H](C)[C@H](C)[C@H]65. The lowest BCUT2D eigenvalue weighted by atomic mass is 9.31. The van der Waals surface area contributed by atoms with E-state index >= 15 is 0 Å². The minimum Gasteiger partial charge on any atom is -0.455 e. The maximum absolute atomic E-state index is 14.9. The predicted octanol–water partition coefficient (Wildman–Crippen LogP) is -1.13. The van der Waals surface area contributed by atoms with Gasteiger partial charge in [-0.25, -0.2) is 0 Å². The van der Waals surface area contributed by atoms with Crippen molar-refractivity contribution >= 4 is 5.97 Å². The lowest BCUT2D eigenvalue weighted by molar-refractivity contribution is -0.346. The van der Waals surface area contributed by atoms with Gasteiger partial charge in [-0.3, -0.25) is 4.79 Å². The third-order valence-corrected chi connectivity index (χ3v) is 17.9. The molecule has 0 aromatic carbocycles. The molecule has 9 fully saturated rings. The van der Waals surface area contributed by atoms with Crippen LogP contribution in [0.2, 0.25) is 0 Å². The standard InChI is InChI=1S/C41H62O16/c1-15-11-22(55-35-29(50)27(48)25(46)21(54-35)14-52-34-28(49)26(47)24(45)20(13-42)53-34)40-10-9-39(6)38(5)8-7-18-17(3)23(44)19(43)12-37(18,4)32(38)30-33(56-30)41(39,57-36(40)51)31(40)16(15)2/h15-16,18-35,42-50H,3,7-14H2,1-2,4-6H3/t15-,16+,18+,19-,20-,21+,22+,23-,24-,25+,26+,27-,28-,29+,30+,31-,32-,33+,34-,35-,37+,38-,39+,40-,41-/m1/s1. The fourth-order valence-electron chi connectivity index (χ4n) is 14.7. The van der Waals surface area contributed by atoms with Crippen molar-refractivity contribution in [3.63, 3.8) is 0 Å². The molecule has 0 amide bonds. The number of aliphatic hydroxyl groups is 9. The molecule has 0 aromatic heterocycles. The van der Waals surface area contributed by atoms with Crippen molar-refractivity contribution in [2.45, 2.75) is 171 Å². The van der Waals surface area contributed by atoms with E-state index in [0.29, 0.717) is 31.3 Å². The number of rotatable bonds is 6. The van der Waals surface area contributed by atoms with Gasteiger partial charge in [0.25, 0.3) is 0 Å². The molecule has 4 aliphatic heterocycles. The highest BCUT2D eigenvalue weighted by molar-refractivity contribution is 5.83. The monoisotopic (exact) mass is 810 g/mol. The Morgan fingerprint density at radius 1 is 0.807 bits per heavy atom. The molecule has 5 saturated carbocycles. The van der Waals surface area contributed by atoms with Crippen LogP contribution in [-0.2, 0) is 33.2 Å². The molecule has 9 rings (SSSR count). The molecule has 57 heavy (non-hydrogen) atoms. The van der Waals surface area contributed by atoms with E-state index in [0.717, 1.165) is 12.8 Å². The summed E-state index contributed by atoms with van der Waals surface area (Å²) in [5, 5.41) is 95.7. The first-order valence-corrected chi connectivity index (χ1v) is 21.0. The Balaban J connectivity index is 1.00. The fourth-order valence-corrected chi connectivity index (χ4v) is 14.7. The van der Waals surface area contributed by atoms with Gasteiger partial charge < -0.3 is 74.4 Å². The van der Waals surface area contributed by atoms with Gasteiger partial charge in [-0.2, -0.15) is 0 Å². The zero-order chi connectivity index (χ0) is 41.1. The van der Waals surface area contributed by atoms with Crippen molar-refractivity contribution in [1.29, 1.82) is 0 Å².